The summed E-state index contributed by atoms with van der Waals surface area (Å²) in [6, 6.07) is 0.0445. The van der Waals surface area contributed by atoms with Crippen molar-refractivity contribution in [1.29, 1.82) is 0 Å². The maximum absolute atomic E-state index is 14.3. The summed E-state index contributed by atoms with van der Waals surface area (Å²) in [5.41, 5.74) is 0.176. The molecule has 4 fully saturated rings. The Labute approximate surface area is 368 Å². The summed E-state index contributed by atoms with van der Waals surface area (Å²) in [5.74, 6) is -2.56. The predicted molar refractivity (Wildman–Crippen MR) is 230 cm³/mol. The number of aliphatic hydroxyl groups excluding tert-OH is 1. The van der Waals surface area contributed by atoms with Gasteiger partial charge in [-0.2, -0.15) is 0 Å². The van der Waals surface area contributed by atoms with Crippen LogP contribution in [0.4, 0.5) is 0 Å². The average molecular weight is 872 g/mol. The molecule has 2 bridgehead atoms. The topological polar surface area (TPSA) is 162 Å². The number of carbonyl (C=O) groups excluding carboxylic acids is 1. The number of allylic oxidation sites excluding steroid dienone is 2. The molecule has 6 heterocycles. The quantitative estimate of drug-likeness (QED) is 0.215. The zero-order valence-electron chi connectivity index (χ0n) is 38.6. The first-order chi connectivity index (χ1) is 29.5. The maximum Gasteiger partial charge on any atom is 0.316 e. The molecule has 0 unspecified atom stereocenters. The van der Waals surface area contributed by atoms with Crippen molar-refractivity contribution in [3.63, 3.8) is 0 Å². The first kappa shape index (κ1) is 47.6. The van der Waals surface area contributed by atoms with E-state index in [9.17, 15) is 15.0 Å². The van der Waals surface area contributed by atoms with Gasteiger partial charge in [-0.15, -0.1) is 0 Å². The molecular formula is C48H73NO13. The lowest BCUT2D eigenvalue weighted by Gasteiger charge is -2.48. The molecule has 3 N–H and O–H groups in total. The summed E-state index contributed by atoms with van der Waals surface area (Å²) < 4.78 is 64.3. The number of hydrogen-bond acceptors (Lipinski definition) is 14. The fourth-order valence-electron chi connectivity index (χ4n) is 10.9. The zero-order chi connectivity index (χ0) is 44.7. The van der Waals surface area contributed by atoms with Crippen molar-refractivity contribution in [2.24, 2.45) is 23.7 Å². The number of hydrogen-bond donors (Lipinski definition) is 3. The number of aliphatic hydroxyl groups is 2. The van der Waals surface area contributed by atoms with Crippen LogP contribution in [0.2, 0.25) is 0 Å². The van der Waals surface area contributed by atoms with Gasteiger partial charge in [-0.25, -0.2) is 0 Å². The number of rotatable bonds is 8. The van der Waals surface area contributed by atoms with Crippen molar-refractivity contribution >= 4 is 5.97 Å². The standard InChI is InChI=1S/C48H73NO13/c1-25(2)42-28(5)17-18-47(62-42)23-34-20-33(61-47)16-15-27(4)43(26(3)13-12-14-32-24-55-45-41(50)29(6)19-35(46(51)58-34)48(32,45)52)59-39-22-37(54-11)44(31(8)57-39)60-38-21-36(53-10)40(49-9)30(7)56-38/h12-15,17-19,25-26,28,30-31,33-45,49-50,52H,16,20-24H2,1-11H3/b13-12+,27-15-,32-14?/t26-,28-,30+,31-,33+,34-,35-,36+,37-,38-,39-,40+,41+,42+,43-,44-,45+,47+,48+/m0/s1. The largest absolute Gasteiger partial charge is 0.462 e. The lowest BCUT2D eigenvalue weighted by atomic mass is 9.71. The summed E-state index contributed by atoms with van der Waals surface area (Å²) in [6.07, 6.45) is 9.72. The third-order valence-electron chi connectivity index (χ3n) is 14.3. The van der Waals surface area contributed by atoms with Crippen LogP contribution < -0.4 is 5.32 Å². The monoisotopic (exact) mass is 872 g/mol. The third kappa shape index (κ3) is 9.64. The van der Waals surface area contributed by atoms with E-state index in [4.69, 9.17) is 47.4 Å². The number of likely N-dealkylation sites (N-methyl/N-ethyl adjacent to an activating group) is 1. The number of methoxy groups -OCH3 is 2. The van der Waals surface area contributed by atoms with E-state index in [-0.39, 0.29) is 67.0 Å². The van der Waals surface area contributed by atoms with Crippen molar-refractivity contribution in [1.82, 2.24) is 5.32 Å². The van der Waals surface area contributed by atoms with E-state index in [0.717, 1.165) is 5.57 Å². The fourth-order valence-corrected chi connectivity index (χ4v) is 10.9. The van der Waals surface area contributed by atoms with Gasteiger partial charge in [-0.3, -0.25) is 4.79 Å². The summed E-state index contributed by atoms with van der Waals surface area (Å²) in [5, 5.41) is 27.0. The zero-order valence-corrected chi connectivity index (χ0v) is 38.6. The van der Waals surface area contributed by atoms with Gasteiger partial charge in [0.15, 0.2) is 18.4 Å². The lowest BCUT2D eigenvalue weighted by Crippen LogP contribution is -2.58. The first-order valence-corrected chi connectivity index (χ1v) is 22.9. The van der Waals surface area contributed by atoms with Crippen molar-refractivity contribution in [2.45, 2.75) is 185 Å². The van der Waals surface area contributed by atoms with Crippen LogP contribution in [0.3, 0.4) is 0 Å². The molecule has 4 saturated heterocycles. The molecule has 19 atom stereocenters. The lowest BCUT2D eigenvalue weighted by molar-refractivity contribution is -0.312. The minimum absolute atomic E-state index is 0.0407. The molecular weight excluding hydrogens is 799 g/mol. The van der Waals surface area contributed by atoms with Crippen LogP contribution >= 0.6 is 0 Å². The number of esters is 1. The Kier molecular flexibility index (Phi) is 15.1. The van der Waals surface area contributed by atoms with Crippen LogP contribution in [0.1, 0.15) is 87.5 Å². The van der Waals surface area contributed by atoms with E-state index in [1.165, 1.54) is 0 Å². The fraction of sp³-hybridized carbons (Fsp3) is 0.771. The minimum Gasteiger partial charge on any atom is -0.462 e. The third-order valence-corrected chi connectivity index (χ3v) is 14.3. The Morgan fingerprint density at radius 2 is 1.60 bits per heavy atom. The van der Waals surface area contributed by atoms with E-state index in [0.29, 0.717) is 43.3 Å². The van der Waals surface area contributed by atoms with E-state index in [2.05, 4.69) is 52.1 Å². The van der Waals surface area contributed by atoms with E-state index >= 15 is 0 Å². The number of ether oxygens (including phenoxy) is 10. The van der Waals surface area contributed by atoms with Gasteiger partial charge in [0.2, 0.25) is 0 Å². The molecule has 62 heavy (non-hydrogen) atoms. The van der Waals surface area contributed by atoms with E-state index < -0.39 is 66.4 Å². The molecule has 348 valence electrons. The van der Waals surface area contributed by atoms with Crippen LogP contribution in [0.5, 0.6) is 0 Å². The van der Waals surface area contributed by atoms with Crippen molar-refractivity contribution in [3.05, 3.63) is 59.3 Å². The second-order valence-electron chi connectivity index (χ2n) is 19.1. The predicted octanol–water partition coefficient (Wildman–Crippen LogP) is 5.21. The molecule has 1 aliphatic carbocycles. The second-order valence-corrected chi connectivity index (χ2v) is 19.1. The average Bonchev–Trinajstić information content (AvgIpc) is 3.57. The second kappa shape index (κ2) is 19.7. The van der Waals surface area contributed by atoms with Gasteiger partial charge in [0.25, 0.3) is 0 Å². The molecule has 6 aliphatic heterocycles. The van der Waals surface area contributed by atoms with Crippen LogP contribution in [-0.2, 0) is 52.2 Å². The Hall–Kier alpha value is -2.31. The molecule has 0 amide bonds. The van der Waals surface area contributed by atoms with Gasteiger partial charge >= 0.3 is 5.97 Å². The minimum atomic E-state index is -1.83. The SMILES string of the molecule is CN[C@@H]1[C@@H](C)O[C@@H](O[C@H]2[C@H](C)O[C@@H](O[C@@H]3/C(C)=C\C[C@@H]4C[C@@H](C[C@]5(C=C[C@H](C)[C@@H](C(C)C)O5)O4)OC(=O)[C@@H]4C=C(C)[C@@H](O)[C@H]5OCC(=C/C=C/[C@@H]3C)[C@]54O)C[C@@H]2OC)C[C@H]1OC. The van der Waals surface area contributed by atoms with Crippen molar-refractivity contribution in [2.75, 3.05) is 27.9 Å². The smallest absolute Gasteiger partial charge is 0.316 e. The van der Waals surface area contributed by atoms with Crippen LogP contribution in [-0.4, -0.2) is 141 Å². The number of fused-ring (bicyclic) bond motifs is 2. The highest BCUT2D eigenvalue weighted by Gasteiger charge is 2.60. The van der Waals surface area contributed by atoms with Crippen LogP contribution in [0.25, 0.3) is 0 Å². The Balaban J connectivity index is 1.17. The van der Waals surface area contributed by atoms with Gasteiger partial charge in [0, 0.05) is 51.7 Å². The number of carbonyl (C=O) groups is 1. The molecule has 0 aromatic rings. The summed E-state index contributed by atoms with van der Waals surface area (Å²) in [6.45, 7) is 16.3. The highest BCUT2D eigenvalue weighted by molar-refractivity contribution is 5.78. The van der Waals surface area contributed by atoms with Gasteiger partial charge in [0.1, 0.15) is 35.9 Å². The van der Waals surface area contributed by atoms with Crippen LogP contribution in [0.15, 0.2) is 59.3 Å². The molecule has 7 rings (SSSR count). The Morgan fingerprint density at radius 1 is 0.887 bits per heavy atom. The molecule has 0 saturated carbocycles. The van der Waals surface area contributed by atoms with Gasteiger partial charge in [-0.1, -0.05) is 64.2 Å². The molecule has 1 spiro atoms. The molecule has 14 nitrogen and oxygen atoms in total. The number of nitrogens with one attached hydrogen (secondary N) is 1. The van der Waals surface area contributed by atoms with E-state index in [1.54, 1.807) is 33.3 Å². The Bertz CT molecular complexity index is 1730. The molecule has 0 aromatic carbocycles. The normalized spacial score (nSPS) is 47.9. The molecule has 0 radical (unpaired) electrons. The summed E-state index contributed by atoms with van der Waals surface area (Å²) >= 11 is 0. The highest BCUT2D eigenvalue weighted by Crippen LogP contribution is 2.47. The van der Waals surface area contributed by atoms with Gasteiger partial charge in [-0.05, 0) is 69.9 Å². The van der Waals surface area contributed by atoms with E-state index in [1.807, 2.05) is 39.1 Å². The van der Waals surface area contributed by atoms with Crippen molar-refractivity contribution < 1.29 is 62.4 Å². The van der Waals surface area contributed by atoms with Gasteiger partial charge in [0.05, 0.1) is 55.4 Å². The van der Waals surface area contributed by atoms with Crippen molar-refractivity contribution in [3.8, 4) is 0 Å². The maximum atomic E-state index is 14.3. The molecule has 7 aliphatic rings. The Morgan fingerprint density at radius 3 is 2.31 bits per heavy atom. The summed E-state index contributed by atoms with van der Waals surface area (Å²) in [7, 11) is 5.30. The van der Waals surface area contributed by atoms with Crippen LogP contribution in [0, 0.1) is 23.7 Å². The molecule has 14 heteroatoms. The summed E-state index contributed by atoms with van der Waals surface area (Å²) in [4.78, 5) is 14.3. The van der Waals surface area contributed by atoms with Gasteiger partial charge < -0.3 is 62.9 Å². The molecule has 0 aromatic heterocycles. The highest BCUT2D eigenvalue weighted by atomic mass is 16.7. The first-order valence-electron chi connectivity index (χ1n) is 22.9.